The van der Waals surface area contributed by atoms with Gasteiger partial charge in [0.15, 0.2) is 11.5 Å². The lowest BCUT2D eigenvalue weighted by atomic mass is 10.2. The Morgan fingerprint density at radius 3 is 2.80 bits per heavy atom. The van der Waals surface area contributed by atoms with Gasteiger partial charge in [-0.25, -0.2) is 0 Å². The summed E-state index contributed by atoms with van der Waals surface area (Å²) in [5.74, 6) is 1.80. The fraction of sp³-hybridized carbons (Fsp3) is 0.267. The van der Waals surface area contributed by atoms with E-state index in [-0.39, 0.29) is 0 Å². The quantitative estimate of drug-likeness (QED) is 0.726. The van der Waals surface area contributed by atoms with Gasteiger partial charge < -0.3 is 9.47 Å². The molecule has 1 heterocycles. The van der Waals surface area contributed by atoms with Crippen LogP contribution < -0.4 is 9.47 Å². The zero-order valence-corrected chi connectivity index (χ0v) is 13.4. The maximum atomic E-state index is 5.84. The van der Waals surface area contributed by atoms with Crippen LogP contribution in [-0.4, -0.2) is 18.7 Å². The molecule has 0 aliphatic rings. The molecular formula is C15H15BrClNO2. The Morgan fingerprint density at radius 1 is 1.30 bits per heavy atom. The number of hydrogen-bond acceptors (Lipinski definition) is 3. The average molecular weight is 357 g/mol. The van der Waals surface area contributed by atoms with Crippen LogP contribution in [0.1, 0.15) is 11.3 Å². The normalized spacial score (nSPS) is 10.3. The number of hydrogen-bond donors (Lipinski definition) is 0. The van der Waals surface area contributed by atoms with E-state index >= 15 is 0 Å². The molecule has 0 radical (unpaired) electrons. The van der Waals surface area contributed by atoms with Gasteiger partial charge in [-0.15, -0.1) is 11.6 Å². The number of benzene rings is 1. The number of rotatable bonds is 6. The topological polar surface area (TPSA) is 31.4 Å². The van der Waals surface area contributed by atoms with Crippen LogP contribution in [0, 0.1) is 0 Å². The van der Waals surface area contributed by atoms with Crippen LogP contribution in [0.4, 0.5) is 0 Å². The number of nitrogens with zero attached hydrogens (tertiary/aromatic N) is 1. The molecule has 1 aromatic heterocycles. The zero-order chi connectivity index (χ0) is 14.4. The van der Waals surface area contributed by atoms with Crippen LogP contribution in [0.3, 0.4) is 0 Å². The number of halogens is 2. The van der Waals surface area contributed by atoms with E-state index in [0.29, 0.717) is 24.0 Å². The van der Waals surface area contributed by atoms with Crippen LogP contribution in [-0.2, 0) is 12.3 Å². The van der Waals surface area contributed by atoms with Gasteiger partial charge in [0, 0.05) is 24.2 Å². The third-order valence-electron chi connectivity index (χ3n) is 2.77. The minimum Gasteiger partial charge on any atom is -0.493 e. The summed E-state index contributed by atoms with van der Waals surface area (Å²) in [4.78, 5) is 4.26. The van der Waals surface area contributed by atoms with Crippen LogP contribution in [0.5, 0.6) is 11.5 Å². The molecule has 20 heavy (non-hydrogen) atoms. The lowest BCUT2D eigenvalue weighted by molar-refractivity contribution is 0.294. The Morgan fingerprint density at radius 2 is 2.15 bits per heavy atom. The second-order valence-electron chi connectivity index (χ2n) is 4.16. The highest BCUT2D eigenvalue weighted by molar-refractivity contribution is 9.10. The molecule has 0 fully saturated rings. The van der Waals surface area contributed by atoms with E-state index in [1.165, 1.54) is 0 Å². The van der Waals surface area contributed by atoms with Gasteiger partial charge in [-0.2, -0.15) is 0 Å². The standard InChI is InChI=1S/C15H15BrClNO2/c1-19-14-9-11(10-17)8-13(16)15(14)20-7-5-12-4-2-3-6-18-12/h2-4,6,8-9H,5,7,10H2,1H3. The molecule has 0 N–H and O–H groups in total. The first-order chi connectivity index (χ1) is 9.74. The minimum absolute atomic E-state index is 0.434. The van der Waals surface area contributed by atoms with Crippen molar-refractivity contribution in [1.29, 1.82) is 0 Å². The van der Waals surface area contributed by atoms with Crippen LogP contribution in [0.2, 0.25) is 0 Å². The number of ether oxygens (including phenoxy) is 2. The van der Waals surface area contributed by atoms with Gasteiger partial charge in [0.25, 0.3) is 0 Å². The molecule has 0 amide bonds. The molecule has 106 valence electrons. The van der Waals surface area contributed by atoms with Crippen molar-refractivity contribution in [3.8, 4) is 11.5 Å². The van der Waals surface area contributed by atoms with Crippen molar-refractivity contribution in [2.24, 2.45) is 0 Å². The van der Waals surface area contributed by atoms with Gasteiger partial charge in [0.05, 0.1) is 18.2 Å². The molecule has 1 aromatic carbocycles. The summed E-state index contributed by atoms with van der Waals surface area (Å²) < 4.78 is 12.0. The van der Waals surface area contributed by atoms with E-state index in [1.807, 2.05) is 30.3 Å². The monoisotopic (exact) mass is 355 g/mol. The highest BCUT2D eigenvalue weighted by atomic mass is 79.9. The molecule has 5 heteroatoms. The Bertz CT molecular complexity index is 563. The number of pyridine rings is 1. The maximum absolute atomic E-state index is 5.84. The van der Waals surface area contributed by atoms with Crippen molar-refractivity contribution in [1.82, 2.24) is 4.98 Å². The first kappa shape index (κ1) is 15.1. The summed E-state index contributed by atoms with van der Waals surface area (Å²) in [6, 6.07) is 9.66. The summed E-state index contributed by atoms with van der Waals surface area (Å²) in [5, 5.41) is 0. The van der Waals surface area contributed by atoms with Crippen LogP contribution >= 0.6 is 27.5 Å². The average Bonchev–Trinajstić information content (AvgIpc) is 2.49. The highest BCUT2D eigenvalue weighted by Gasteiger charge is 2.11. The second-order valence-corrected chi connectivity index (χ2v) is 5.28. The summed E-state index contributed by atoms with van der Waals surface area (Å²) in [6.45, 7) is 0.534. The number of aromatic nitrogens is 1. The Hall–Kier alpha value is -1.26. The molecular weight excluding hydrogens is 342 g/mol. The van der Waals surface area contributed by atoms with Gasteiger partial charge in [-0.05, 0) is 45.8 Å². The molecule has 0 bridgehead atoms. The molecule has 0 unspecified atom stereocenters. The van der Waals surface area contributed by atoms with Crippen molar-refractivity contribution < 1.29 is 9.47 Å². The van der Waals surface area contributed by atoms with E-state index in [2.05, 4.69) is 20.9 Å². The molecule has 0 saturated heterocycles. The summed E-state index contributed by atoms with van der Waals surface area (Å²) in [7, 11) is 1.62. The Balaban J connectivity index is 2.05. The molecule has 0 aliphatic carbocycles. The molecule has 0 atom stereocenters. The number of alkyl halides is 1. The Labute approximate surface area is 132 Å². The smallest absolute Gasteiger partial charge is 0.175 e. The highest BCUT2D eigenvalue weighted by Crippen LogP contribution is 2.37. The molecule has 0 aliphatic heterocycles. The predicted molar refractivity (Wildman–Crippen MR) is 83.7 cm³/mol. The van der Waals surface area contributed by atoms with Gasteiger partial charge in [-0.1, -0.05) is 6.07 Å². The predicted octanol–water partition coefficient (Wildman–Crippen LogP) is 4.21. The lowest BCUT2D eigenvalue weighted by Crippen LogP contribution is -2.04. The van der Waals surface area contributed by atoms with E-state index in [4.69, 9.17) is 21.1 Å². The minimum atomic E-state index is 0.434. The van der Waals surface area contributed by atoms with Crippen LogP contribution in [0.15, 0.2) is 41.0 Å². The third-order valence-corrected chi connectivity index (χ3v) is 3.67. The van der Waals surface area contributed by atoms with E-state index < -0.39 is 0 Å². The molecule has 2 rings (SSSR count). The van der Waals surface area contributed by atoms with E-state index in [9.17, 15) is 0 Å². The zero-order valence-electron chi connectivity index (χ0n) is 11.1. The first-order valence-corrected chi connectivity index (χ1v) is 7.52. The first-order valence-electron chi connectivity index (χ1n) is 6.19. The lowest BCUT2D eigenvalue weighted by Gasteiger charge is -2.13. The van der Waals surface area contributed by atoms with Crippen LogP contribution in [0.25, 0.3) is 0 Å². The number of methoxy groups -OCH3 is 1. The van der Waals surface area contributed by atoms with E-state index in [0.717, 1.165) is 22.2 Å². The molecule has 3 nitrogen and oxygen atoms in total. The molecule has 0 saturated carbocycles. The fourth-order valence-corrected chi connectivity index (χ4v) is 2.55. The van der Waals surface area contributed by atoms with Crippen molar-refractivity contribution in [3.63, 3.8) is 0 Å². The fourth-order valence-electron chi connectivity index (χ4n) is 1.79. The van der Waals surface area contributed by atoms with Crippen molar-refractivity contribution in [2.45, 2.75) is 12.3 Å². The van der Waals surface area contributed by atoms with E-state index in [1.54, 1.807) is 13.3 Å². The summed E-state index contributed by atoms with van der Waals surface area (Å²) in [6.07, 6.45) is 2.52. The van der Waals surface area contributed by atoms with Gasteiger partial charge in [0.1, 0.15) is 0 Å². The summed E-state index contributed by atoms with van der Waals surface area (Å²) in [5.41, 5.74) is 1.98. The largest absolute Gasteiger partial charge is 0.493 e. The Kier molecular flexibility index (Phi) is 5.68. The molecule has 0 spiro atoms. The summed E-state index contributed by atoms with van der Waals surface area (Å²) >= 11 is 9.33. The SMILES string of the molecule is COc1cc(CCl)cc(Br)c1OCCc1ccccn1. The molecule has 2 aromatic rings. The van der Waals surface area contributed by atoms with Gasteiger partial charge in [0.2, 0.25) is 0 Å². The third kappa shape index (κ3) is 3.87. The van der Waals surface area contributed by atoms with Gasteiger partial charge in [-0.3, -0.25) is 4.98 Å². The van der Waals surface area contributed by atoms with Crippen molar-refractivity contribution >= 4 is 27.5 Å². The maximum Gasteiger partial charge on any atom is 0.175 e. The van der Waals surface area contributed by atoms with Gasteiger partial charge >= 0.3 is 0 Å². The van der Waals surface area contributed by atoms with Crippen molar-refractivity contribution in [2.75, 3.05) is 13.7 Å². The van der Waals surface area contributed by atoms with Crippen molar-refractivity contribution in [3.05, 3.63) is 52.3 Å². The second kappa shape index (κ2) is 7.50.